The van der Waals surface area contributed by atoms with E-state index in [9.17, 15) is 4.79 Å². The minimum Gasteiger partial charge on any atom is -0.340 e. The molecule has 3 rings (SSSR count). The van der Waals surface area contributed by atoms with Crippen LogP contribution in [0.4, 0.5) is 0 Å². The number of amides is 1. The first-order chi connectivity index (χ1) is 10.6. The molecule has 0 saturated carbocycles. The summed E-state index contributed by atoms with van der Waals surface area (Å²) in [7, 11) is 1.88. The fourth-order valence-electron chi connectivity index (χ4n) is 2.99. The number of aryl methyl sites for hydroxylation is 1. The lowest BCUT2D eigenvalue weighted by atomic mass is 9.93. The van der Waals surface area contributed by atoms with Gasteiger partial charge in [-0.3, -0.25) is 4.79 Å². The van der Waals surface area contributed by atoms with Gasteiger partial charge in [-0.1, -0.05) is 54.1 Å². The number of fused-ring (bicyclic) bond motifs is 1. The van der Waals surface area contributed by atoms with Gasteiger partial charge in [-0.15, -0.1) is 0 Å². The lowest BCUT2D eigenvalue weighted by Gasteiger charge is -2.29. The topological polar surface area (TPSA) is 32.3 Å². The third-order valence-electron chi connectivity index (χ3n) is 4.27. The molecule has 1 unspecified atom stereocenters. The summed E-state index contributed by atoms with van der Waals surface area (Å²) in [6, 6.07) is 16.3. The number of likely N-dealkylation sites (N-methyl/N-ethyl adjacent to an activating group) is 1. The Labute approximate surface area is 132 Å². The van der Waals surface area contributed by atoms with Crippen LogP contribution in [-0.2, 0) is 17.8 Å². The van der Waals surface area contributed by atoms with Crippen LogP contribution in [0.2, 0.25) is 0 Å². The monoisotopic (exact) mass is 294 g/mol. The van der Waals surface area contributed by atoms with Crippen molar-refractivity contribution >= 4 is 5.91 Å². The quantitative estimate of drug-likeness (QED) is 0.944. The number of nitrogens with zero attached hydrogens (tertiary/aromatic N) is 1. The predicted octanol–water partition coefficient (Wildman–Crippen LogP) is 2.84. The molecule has 0 aliphatic carbocycles. The van der Waals surface area contributed by atoms with Crippen LogP contribution in [0.3, 0.4) is 0 Å². The number of nitrogens with one attached hydrogen (secondary N) is 1. The van der Waals surface area contributed by atoms with Crippen LogP contribution in [0, 0.1) is 6.92 Å². The Morgan fingerprint density at radius 3 is 2.68 bits per heavy atom. The summed E-state index contributed by atoms with van der Waals surface area (Å²) in [5.74, 6) is 0.132. The maximum Gasteiger partial charge on any atom is 0.244 e. The summed E-state index contributed by atoms with van der Waals surface area (Å²) in [5, 5.41) is 3.36. The first kappa shape index (κ1) is 14.8. The molecule has 2 aromatic carbocycles. The van der Waals surface area contributed by atoms with Crippen molar-refractivity contribution in [3.63, 3.8) is 0 Å². The molecule has 3 heteroatoms. The number of carbonyl (C=O) groups excluding carboxylic acids is 1. The fraction of sp³-hybridized carbons (Fsp3) is 0.316. The highest BCUT2D eigenvalue weighted by molar-refractivity contribution is 5.83. The molecule has 1 N–H and O–H groups in total. The molecule has 0 saturated heterocycles. The van der Waals surface area contributed by atoms with E-state index in [0.29, 0.717) is 6.54 Å². The second-order valence-corrected chi connectivity index (χ2v) is 6.02. The third kappa shape index (κ3) is 3.04. The van der Waals surface area contributed by atoms with Crippen molar-refractivity contribution in [1.82, 2.24) is 10.2 Å². The van der Waals surface area contributed by atoms with Gasteiger partial charge in [-0.25, -0.2) is 0 Å². The zero-order chi connectivity index (χ0) is 15.5. The largest absolute Gasteiger partial charge is 0.340 e. The van der Waals surface area contributed by atoms with E-state index >= 15 is 0 Å². The molecule has 1 heterocycles. The summed E-state index contributed by atoms with van der Waals surface area (Å²) < 4.78 is 0. The first-order valence-electron chi connectivity index (χ1n) is 7.77. The van der Waals surface area contributed by atoms with Crippen LogP contribution in [-0.4, -0.2) is 24.4 Å². The Balaban J connectivity index is 1.75. The molecular formula is C19H22N2O. The van der Waals surface area contributed by atoms with E-state index in [4.69, 9.17) is 0 Å². The Morgan fingerprint density at radius 1 is 1.18 bits per heavy atom. The second-order valence-electron chi connectivity index (χ2n) is 6.02. The van der Waals surface area contributed by atoms with Gasteiger partial charge in [-0.2, -0.15) is 0 Å². The molecule has 0 aromatic heterocycles. The molecule has 1 aliphatic heterocycles. The van der Waals surface area contributed by atoms with Crippen molar-refractivity contribution in [3.8, 4) is 0 Å². The van der Waals surface area contributed by atoms with Crippen molar-refractivity contribution < 1.29 is 4.79 Å². The van der Waals surface area contributed by atoms with Crippen LogP contribution in [0.15, 0.2) is 48.5 Å². The molecule has 1 atom stereocenters. The van der Waals surface area contributed by atoms with Gasteiger partial charge in [-0.05, 0) is 30.0 Å². The number of benzene rings is 2. The van der Waals surface area contributed by atoms with E-state index in [-0.39, 0.29) is 11.9 Å². The van der Waals surface area contributed by atoms with Gasteiger partial charge in [0.25, 0.3) is 0 Å². The lowest BCUT2D eigenvalue weighted by molar-refractivity contribution is -0.133. The molecular weight excluding hydrogens is 272 g/mol. The Hall–Kier alpha value is -2.13. The summed E-state index contributed by atoms with van der Waals surface area (Å²) in [4.78, 5) is 14.6. The van der Waals surface area contributed by atoms with Crippen molar-refractivity contribution in [1.29, 1.82) is 0 Å². The summed E-state index contributed by atoms with van der Waals surface area (Å²) in [6.07, 6.45) is 0.988. The fourth-order valence-corrected chi connectivity index (χ4v) is 2.99. The average Bonchev–Trinajstić information content (AvgIpc) is 2.55. The summed E-state index contributed by atoms with van der Waals surface area (Å²) in [6.45, 7) is 3.56. The minimum atomic E-state index is -0.222. The van der Waals surface area contributed by atoms with Gasteiger partial charge in [0.05, 0.1) is 0 Å². The van der Waals surface area contributed by atoms with Crippen LogP contribution in [0.1, 0.15) is 28.3 Å². The van der Waals surface area contributed by atoms with E-state index in [0.717, 1.165) is 24.1 Å². The van der Waals surface area contributed by atoms with Gasteiger partial charge in [0.15, 0.2) is 0 Å². The lowest BCUT2D eigenvalue weighted by Crippen LogP contribution is -2.42. The van der Waals surface area contributed by atoms with Gasteiger partial charge < -0.3 is 10.2 Å². The molecule has 0 fully saturated rings. The third-order valence-corrected chi connectivity index (χ3v) is 4.27. The summed E-state index contributed by atoms with van der Waals surface area (Å²) in [5.41, 5.74) is 4.80. The molecule has 0 radical (unpaired) electrons. The van der Waals surface area contributed by atoms with Crippen LogP contribution >= 0.6 is 0 Å². The molecule has 0 bridgehead atoms. The number of hydrogen-bond acceptors (Lipinski definition) is 2. The van der Waals surface area contributed by atoms with Crippen LogP contribution in [0.25, 0.3) is 0 Å². The Bertz CT molecular complexity index is 663. The molecule has 0 spiro atoms. The number of rotatable bonds is 3. The van der Waals surface area contributed by atoms with Gasteiger partial charge in [0.1, 0.15) is 6.04 Å². The molecule has 2 aromatic rings. The van der Waals surface area contributed by atoms with E-state index in [1.165, 1.54) is 11.1 Å². The summed E-state index contributed by atoms with van der Waals surface area (Å²) >= 11 is 0. The predicted molar refractivity (Wildman–Crippen MR) is 88.5 cm³/mol. The van der Waals surface area contributed by atoms with Crippen molar-refractivity contribution in [2.24, 2.45) is 0 Å². The maximum atomic E-state index is 12.8. The van der Waals surface area contributed by atoms with Crippen LogP contribution < -0.4 is 5.32 Å². The number of carbonyl (C=O) groups is 1. The highest BCUT2D eigenvalue weighted by atomic mass is 16.2. The van der Waals surface area contributed by atoms with E-state index in [1.54, 1.807) is 0 Å². The molecule has 114 valence electrons. The van der Waals surface area contributed by atoms with Crippen LogP contribution in [0.5, 0.6) is 0 Å². The van der Waals surface area contributed by atoms with Gasteiger partial charge >= 0.3 is 0 Å². The van der Waals surface area contributed by atoms with Gasteiger partial charge in [0, 0.05) is 20.1 Å². The molecule has 1 amide bonds. The maximum absolute atomic E-state index is 12.8. The zero-order valence-electron chi connectivity index (χ0n) is 13.2. The molecule has 3 nitrogen and oxygen atoms in total. The smallest absolute Gasteiger partial charge is 0.244 e. The van der Waals surface area contributed by atoms with Gasteiger partial charge in [0.2, 0.25) is 5.91 Å². The zero-order valence-corrected chi connectivity index (χ0v) is 13.2. The molecule has 22 heavy (non-hydrogen) atoms. The Morgan fingerprint density at radius 2 is 1.91 bits per heavy atom. The SMILES string of the molecule is Cc1ccc(CN(C)C(=O)C2NCCc3ccccc32)cc1. The Kier molecular flexibility index (Phi) is 4.25. The second kappa shape index (κ2) is 6.32. The van der Waals surface area contributed by atoms with Crippen molar-refractivity contribution in [2.45, 2.75) is 25.9 Å². The van der Waals surface area contributed by atoms with Crippen molar-refractivity contribution in [2.75, 3.05) is 13.6 Å². The minimum absolute atomic E-state index is 0.132. The first-order valence-corrected chi connectivity index (χ1v) is 7.77. The normalized spacial score (nSPS) is 16.9. The average molecular weight is 294 g/mol. The van der Waals surface area contributed by atoms with E-state index in [2.05, 4.69) is 48.6 Å². The number of hydrogen-bond donors (Lipinski definition) is 1. The van der Waals surface area contributed by atoms with E-state index < -0.39 is 0 Å². The highest BCUT2D eigenvalue weighted by Gasteiger charge is 2.27. The standard InChI is InChI=1S/C19H22N2O/c1-14-7-9-15(10-8-14)13-21(2)19(22)18-17-6-4-3-5-16(17)11-12-20-18/h3-10,18,20H,11-13H2,1-2H3. The van der Waals surface area contributed by atoms with Crippen molar-refractivity contribution in [3.05, 3.63) is 70.8 Å². The molecule has 1 aliphatic rings. The van der Waals surface area contributed by atoms with E-state index in [1.807, 2.05) is 24.1 Å². The highest BCUT2D eigenvalue weighted by Crippen LogP contribution is 2.24.